The molecular formula is C22H20ClNO2. The van der Waals surface area contributed by atoms with Crippen molar-refractivity contribution in [1.82, 2.24) is 0 Å². The third kappa shape index (κ3) is 4.44. The minimum absolute atomic E-state index is 0.502. The van der Waals surface area contributed by atoms with Crippen molar-refractivity contribution < 1.29 is 9.53 Å². The Labute approximate surface area is 158 Å². The maximum Gasteiger partial charge on any atom is 0.417 e. The highest BCUT2D eigenvalue weighted by Gasteiger charge is 2.13. The zero-order chi connectivity index (χ0) is 18.5. The van der Waals surface area contributed by atoms with E-state index in [9.17, 15) is 4.79 Å². The summed E-state index contributed by atoms with van der Waals surface area (Å²) >= 11 is 6.13. The molecule has 0 spiro atoms. The summed E-state index contributed by atoms with van der Waals surface area (Å²) in [5.74, 6) is 0.502. The Hall–Kier alpha value is -2.78. The van der Waals surface area contributed by atoms with Crippen molar-refractivity contribution in [3.8, 4) is 5.75 Å². The summed E-state index contributed by atoms with van der Waals surface area (Å²) in [5.41, 5.74) is 4.73. The number of ether oxygens (including phenoxy) is 1. The molecule has 0 radical (unpaired) electrons. The predicted molar refractivity (Wildman–Crippen MR) is 106 cm³/mol. The first-order chi connectivity index (χ1) is 12.5. The van der Waals surface area contributed by atoms with Crippen LogP contribution >= 0.6 is 11.6 Å². The minimum atomic E-state index is -0.515. The van der Waals surface area contributed by atoms with Crippen LogP contribution in [0.15, 0.2) is 66.7 Å². The number of para-hydroxylation sites is 1. The molecule has 0 aliphatic heterocycles. The van der Waals surface area contributed by atoms with Gasteiger partial charge in [-0.05, 0) is 48.7 Å². The van der Waals surface area contributed by atoms with Gasteiger partial charge in [-0.1, -0.05) is 60.1 Å². The number of nitrogens with one attached hydrogen (secondary N) is 1. The van der Waals surface area contributed by atoms with Gasteiger partial charge in [-0.25, -0.2) is 4.79 Å². The number of carbonyl (C=O) groups is 1. The molecule has 3 aromatic carbocycles. The van der Waals surface area contributed by atoms with Crippen molar-refractivity contribution >= 4 is 23.4 Å². The molecular weight excluding hydrogens is 346 g/mol. The van der Waals surface area contributed by atoms with Gasteiger partial charge in [0.1, 0.15) is 5.75 Å². The summed E-state index contributed by atoms with van der Waals surface area (Å²) in [6, 6.07) is 21.1. The molecule has 0 heterocycles. The Morgan fingerprint density at radius 1 is 0.962 bits per heavy atom. The van der Waals surface area contributed by atoms with Crippen LogP contribution in [-0.4, -0.2) is 6.09 Å². The molecule has 0 aromatic heterocycles. The quantitative estimate of drug-likeness (QED) is 0.601. The Balaban J connectivity index is 1.80. The average molecular weight is 366 g/mol. The van der Waals surface area contributed by atoms with E-state index in [1.165, 1.54) is 0 Å². The molecule has 0 saturated heterocycles. The van der Waals surface area contributed by atoms with E-state index in [2.05, 4.69) is 5.32 Å². The number of amides is 1. The number of anilines is 1. The highest BCUT2D eigenvalue weighted by molar-refractivity contribution is 6.30. The summed E-state index contributed by atoms with van der Waals surface area (Å²) < 4.78 is 5.58. The van der Waals surface area contributed by atoms with Crippen molar-refractivity contribution in [1.29, 1.82) is 0 Å². The zero-order valence-electron chi connectivity index (χ0n) is 14.8. The van der Waals surface area contributed by atoms with Gasteiger partial charge in [0.2, 0.25) is 0 Å². The number of aryl methyl sites for hydroxylation is 2. The summed E-state index contributed by atoms with van der Waals surface area (Å²) in [4.78, 5) is 12.4. The SMILES string of the molecule is Cc1cccc(C)c1NC(=O)Oc1ccc(Cl)cc1Cc1ccccc1. The zero-order valence-corrected chi connectivity index (χ0v) is 15.5. The number of hydrogen-bond acceptors (Lipinski definition) is 2. The van der Waals surface area contributed by atoms with Crippen LogP contribution in [0.3, 0.4) is 0 Å². The van der Waals surface area contributed by atoms with E-state index in [0.717, 1.165) is 27.9 Å². The topological polar surface area (TPSA) is 38.3 Å². The third-order valence-corrected chi connectivity index (χ3v) is 4.41. The number of halogens is 1. The van der Waals surface area contributed by atoms with E-state index < -0.39 is 6.09 Å². The summed E-state index contributed by atoms with van der Waals surface area (Å²) in [6.07, 6.45) is 0.118. The van der Waals surface area contributed by atoms with Crippen LogP contribution in [-0.2, 0) is 6.42 Å². The second kappa shape index (κ2) is 8.07. The van der Waals surface area contributed by atoms with Gasteiger partial charge >= 0.3 is 6.09 Å². The molecule has 0 aliphatic carbocycles. The predicted octanol–water partition coefficient (Wildman–Crippen LogP) is 6.16. The maximum absolute atomic E-state index is 12.4. The molecule has 132 valence electrons. The van der Waals surface area contributed by atoms with Gasteiger partial charge in [0, 0.05) is 22.7 Å². The first-order valence-corrected chi connectivity index (χ1v) is 8.78. The van der Waals surface area contributed by atoms with Crippen molar-refractivity contribution in [3.05, 3.63) is 94.0 Å². The fourth-order valence-electron chi connectivity index (χ4n) is 2.84. The minimum Gasteiger partial charge on any atom is -0.410 e. The first kappa shape index (κ1) is 18.0. The smallest absolute Gasteiger partial charge is 0.410 e. The second-order valence-corrected chi connectivity index (χ2v) is 6.63. The molecule has 0 aliphatic rings. The van der Waals surface area contributed by atoms with E-state index in [1.54, 1.807) is 12.1 Å². The Kier molecular flexibility index (Phi) is 5.59. The van der Waals surface area contributed by atoms with Crippen molar-refractivity contribution in [2.75, 3.05) is 5.32 Å². The average Bonchev–Trinajstić information content (AvgIpc) is 2.62. The summed E-state index contributed by atoms with van der Waals surface area (Å²) in [5, 5.41) is 3.45. The molecule has 3 aromatic rings. The molecule has 0 fully saturated rings. The lowest BCUT2D eigenvalue weighted by Crippen LogP contribution is -2.19. The molecule has 3 nitrogen and oxygen atoms in total. The third-order valence-electron chi connectivity index (χ3n) is 4.17. The highest BCUT2D eigenvalue weighted by Crippen LogP contribution is 2.26. The molecule has 1 N–H and O–H groups in total. The van der Waals surface area contributed by atoms with Crippen LogP contribution < -0.4 is 10.1 Å². The van der Waals surface area contributed by atoms with Crippen molar-refractivity contribution in [2.45, 2.75) is 20.3 Å². The van der Waals surface area contributed by atoms with Crippen LogP contribution in [0.1, 0.15) is 22.3 Å². The van der Waals surface area contributed by atoms with Gasteiger partial charge in [0.05, 0.1) is 0 Å². The standard InChI is InChI=1S/C22H20ClNO2/c1-15-7-6-8-16(2)21(15)24-22(25)26-20-12-11-19(23)14-18(20)13-17-9-4-3-5-10-17/h3-12,14H,13H2,1-2H3,(H,24,25). The van der Waals surface area contributed by atoms with Crippen LogP contribution in [0.2, 0.25) is 5.02 Å². The maximum atomic E-state index is 12.4. The number of carbonyl (C=O) groups excluding carboxylic acids is 1. The number of benzene rings is 3. The second-order valence-electron chi connectivity index (χ2n) is 6.20. The fraction of sp³-hybridized carbons (Fsp3) is 0.136. The molecule has 3 rings (SSSR count). The largest absolute Gasteiger partial charge is 0.417 e. The lowest BCUT2D eigenvalue weighted by Gasteiger charge is -2.14. The van der Waals surface area contributed by atoms with Gasteiger partial charge in [-0.2, -0.15) is 0 Å². The van der Waals surface area contributed by atoms with Crippen molar-refractivity contribution in [3.63, 3.8) is 0 Å². The molecule has 0 unspecified atom stereocenters. The molecule has 0 atom stereocenters. The number of rotatable bonds is 4. The van der Waals surface area contributed by atoms with Crippen molar-refractivity contribution in [2.24, 2.45) is 0 Å². The van der Waals surface area contributed by atoms with Gasteiger partial charge in [-0.3, -0.25) is 5.32 Å². The van der Waals surface area contributed by atoms with Crippen LogP contribution in [0.5, 0.6) is 5.75 Å². The molecule has 1 amide bonds. The lowest BCUT2D eigenvalue weighted by molar-refractivity contribution is 0.214. The lowest BCUT2D eigenvalue weighted by atomic mass is 10.0. The fourth-order valence-corrected chi connectivity index (χ4v) is 3.04. The van der Waals surface area contributed by atoms with E-state index >= 15 is 0 Å². The van der Waals surface area contributed by atoms with Gasteiger partial charge in [0.25, 0.3) is 0 Å². The Morgan fingerprint density at radius 2 is 1.65 bits per heavy atom. The Bertz CT molecular complexity index is 902. The van der Waals surface area contributed by atoms with Crippen LogP contribution in [0, 0.1) is 13.8 Å². The monoisotopic (exact) mass is 365 g/mol. The van der Waals surface area contributed by atoms with E-state index in [1.807, 2.05) is 68.4 Å². The van der Waals surface area contributed by atoms with Crippen LogP contribution in [0.25, 0.3) is 0 Å². The summed E-state index contributed by atoms with van der Waals surface area (Å²) in [6.45, 7) is 3.90. The van der Waals surface area contributed by atoms with Gasteiger partial charge < -0.3 is 4.74 Å². The number of hydrogen-bond donors (Lipinski definition) is 1. The van der Waals surface area contributed by atoms with Gasteiger partial charge in [-0.15, -0.1) is 0 Å². The first-order valence-electron chi connectivity index (χ1n) is 8.40. The Morgan fingerprint density at radius 3 is 2.35 bits per heavy atom. The normalized spacial score (nSPS) is 10.4. The molecule has 4 heteroatoms. The van der Waals surface area contributed by atoms with E-state index in [-0.39, 0.29) is 0 Å². The van der Waals surface area contributed by atoms with E-state index in [0.29, 0.717) is 17.2 Å². The van der Waals surface area contributed by atoms with E-state index in [4.69, 9.17) is 16.3 Å². The highest BCUT2D eigenvalue weighted by atomic mass is 35.5. The van der Waals surface area contributed by atoms with Crippen LogP contribution in [0.4, 0.5) is 10.5 Å². The molecule has 0 saturated carbocycles. The molecule has 0 bridgehead atoms. The summed E-state index contributed by atoms with van der Waals surface area (Å²) in [7, 11) is 0. The van der Waals surface area contributed by atoms with Gasteiger partial charge in [0.15, 0.2) is 0 Å². The molecule has 26 heavy (non-hydrogen) atoms.